The maximum Gasteiger partial charge on any atom is 0.220 e. The Kier molecular flexibility index (Phi) is 4.62. The Labute approximate surface area is 135 Å². The van der Waals surface area contributed by atoms with Crippen LogP contribution < -0.4 is 14.8 Å². The Morgan fingerprint density at radius 3 is 2.65 bits per heavy atom. The van der Waals surface area contributed by atoms with E-state index in [1.54, 1.807) is 13.4 Å². The van der Waals surface area contributed by atoms with E-state index in [4.69, 9.17) is 9.47 Å². The molecule has 0 radical (unpaired) electrons. The molecule has 0 aliphatic carbocycles. The van der Waals surface area contributed by atoms with Crippen molar-refractivity contribution >= 4 is 12.0 Å². The van der Waals surface area contributed by atoms with Crippen molar-refractivity contribution < 1.29 is 14.3 Å². The monoisotopic (exact) mass is 309 g/mol. The molecule has 1 amide bonds. The maximum absolute atomic E-state index is 11.4. The summed E-state index contributed by atoms with van der Waals surface area (Å²) in [5.41, 5.74) is 2.14. The van der Waals surface area contributed by atoms with Crippen molar-refractivity contribution in [2.75, 3.05) is 13.7 Å². The highest BCUT2D eigenvalue weighted by molar-refractivity contribution is 5.79. The van der Waals surface area contributed by atoms with Gasteiger partial charge in [-0.15, -0.1) is 0 Å². The zero-order chi connectivity index (χ0) is 16.1. The van der Waals surface area contributed by atoms with Crippen LogP contribution in [0, 0.1) is 0 Å². The third-order valence-electron chi connectivity index (χ3n) is 3.89. The molecule has 23 heavy (non-hydrogen) atoms. The Balaban J connectivity index is 1.76. The molecule has 4 heteroatoms. The van der Waals surface area contributed by atoms with E-state index in [1.807, 2.05) is 54.6 Å². The fourth-order valence-electron chi connectivity index (χ4n) is 2.63. The average molecular weight is 309 g/mol. The second-order valence-electron chi connectivity index (χ2n) is 5.45. The van der Waals surface area contributed by atoms with E-state index in [0.29, 0.717) is 24.5 Å². The zero-order valence-electron chi connectivity index (χ0n) is 13.0. The lowest BCUT2D eigenvalue weighted by atomic mass is 9.98. The molecule has 0 saturated carbocycles. The van der Waals surface area contributed by atoms with Crippen LogP contribution in [0.1, 0.15) is 23.5 Å². The summed E-state index contributed by atoms with van der Waals surface area (Å²) in [6, 6.07) is 15.7. The summed E-state index contributed by atoms with van der Waals surface area (Å²) >= 11 is 0. The van der Waals surface area contributed by atoms with Gasteiger partial charge in [-0.2, -0.15) is 0 Å². The van der Waals surface area contributed by atoms with Crippen LogP contribution in [0.5, 0.6) is 11.5 Å². The van der Waals surface area contributed by atoms with E-state index in [0.717, 1.165) is 11.1 Å². The van der Waals surface area contributed by atoms with Crippen molar-refractivity contribution in [1.29, 1.82) is 0 Å². The molecule has 2 aromatic rings. The lowest BCUT2D eigenvalue weighted by Gasteiger charge is -2.12. The fraction of sp³-hybridized carbons (Fsp3) is 0.211. The number of methoxy groups -OCH3 is 1. The highest BCUT2D eigenvalue weighted by Crippen LogP contribution is 2.33. The minimum atomic E-state index is 0.0947. The fourth-order valence-corrected chi connectivity index (χ4v) is 2.63. The summed E-state index contributed by atoms with van der Waals surface area (Å²) in [7, 11) is 1.61. The van der Waals surface area contributed by atoms with Crippen LogP contribution >= 0.6 is 0 Å². The smallest absolute Gasteiger partial charge is 0.220 e. The molecule has 1 heterocycles. The van der Waals surface area contributed by atoms with Gasteiger partial charge in [-0.1, -0.05) is 36.4 Å². The number of carbonyl (C=O) groups excluding carboxylic acids is 1. The molecule has 0 spiro atoms. The van der Waals surface area contributed by atoms with Gasteiger partial charge in [0, 0.05) is 18.9 Å². The molecule has 1 aliphatic rings. The van der Waals surface area contributed by atoms with Gasteiger partial charge < -0.3 is 14.8 Å². The Morgan fingerprint density at radius 1 is 1.13 bits per heavy atom. The lowest BCUT2D eigenvalue weighted by Crippen LogP contribution is -2.13. The molecule has 0 bridgehead atoms. The van der Waals surface area contributed by atoms with Crippen molar-refractivity contribution in [2.24, 2.45) is 0 Å². The number of hydrogen-bond donors (Lipinski definition) is 1. The second kappa shape index (κ2) is 7.01. The Hall–Kier alpha value is -2.75. The van der Waals surface area contributed by atoms with Gasteiger partial charge in [0.2, 0.25) is 5.91 Å². The highest BCUT2D eigenvalue weighted by Gasteiger charge is 2.23. The number of hydrogen-bond acceptors (Lipinski definition) is 3. The van der Waals surface area contributed by atoms with E-state index in [9.17, 15) is 4.79 Å². The third kappa shape index (κ3) is 3.72. The summed E-state index contributed by atoms with van der Waals surface area (Å²) in [5.74, 6) is 1.60. The predicted octanol–water partition coefficient (Wildman–Crippen LogP) is 3.35. The average Bonchev–Trinajstić information content (AvgIpc) is 3.02. The molecule has 1 fully saturated rings. The molecular formula is C19H19NO3. The molecule has 1 atom stereocenters. The predicted molar refractivity (Wildman–Crippen MR) is 89.5 cm³/mol. The number of ether oxygens (including phenoxy) is 2. The van der Waals surface area contributed by atoms with Crippen LogP contribution in [0.3, 0.4) is 0 Å². The van der Waals surface area contributed by atoms with Crippen LogP contribution in [0.25, 0.3) is 6.08 Å². The molecule has 1 aliphatic heterocycles. The molecule has 1 saturated heterocycles. The second-order valence-corrected chi connectivity index (χ2v) is 5.45. The number of rotatable bonds is 5. The largest absolute Gasteiger partial charge is 0.493 e. The van der Waals surface area contributed by atoms with Crippen molar-refractivity contribution in [3.8, 4) is 11.5 Å². The van der Waals surface area contributed by atoms with Gasteiger partial charge in [0.25, 0.3) is 0 Å². The molecular weight excluding hydrogens is 290 g/mol. The van der Waals surface area contributed by atoms with Crippen LogP contribution in [0.2, 0.25) is 0 Å². The quantitative estimate of drug-likeness (QED) is 0.862. The summed E-state index contributed by atoms with van der Waals surface area (Å²) in [6.45, 7) is 0.671. The van der Waals surface area contributed by atoms with Gasteiger partial charge in [-0.05, 0) is 29.3 Å². The van der Waals surface area contributed by atoms with Crippen LogP contribution in [0.4, 0.5) is 0 Å². The normalized spacial score (nSPS) is 17.3. The number of carbonyl (C=O) groups is 1. The van der Waals surface area contributed by atoms with E-state index < -0.39 is 0 Å². The molecule has 1 unspecified atom stereocenters. The van der Waals surface area contributed by atoms with Crippen molar-refractivity contribution in [3.63, 3.8) is 0 Å². The van der Waals surface area contributed by atoms with Crippen LogP contribution in [0.15, 0.2) is 54.8 Å². The first-order chi connectivity index (χ1) is 11.3. The first-order valence-electron chi connectivity index (χ1n) is 7.59. The lowest BCUT2D eigenvalue weighted by molar-refractivity contribution is -0.119. The minimum absolute atomic E-state index is 0.0947. The van der Waals surface area contributed by atoms with Crippen molar-refractivity contribution in [1.82, 2.24) is 5.32 Å². The van der Waals surface area contributed by atoms with Gasteiger partial charge in [-0.3, -0.25) is 4.79 Å². The van der Waals surface area contributed by atoms with Crippen molar-refractivity contribution in [2.45, 2.75) is 12.3 Å². The van der Waals surface area contributed by atoms with Crippen LogP contribution in [-0.2, 0) is 4.79 Å². The Bertz CT molecular complexity index is 710. The molecule has 0 aromatic heterocycles. The summed E-state index contributed by atoms with van der Waals surface area (Å²) in [5, 5.41) is 2.86. The summed E-state index contributed by atoms with van der Waals surface area (Å²) < 4.78 is 11.1. The van der Waals surface area contributed by atoms with E-state index in [1.165, 1.54) is 0 Å². The van der Waals surface area contributed by atoms with Gasteiger partial charge in [0.1, 0.15) is 0 Å². The number of benzene rings is 2. The number of nitrogens with one attached hydrogen (secondary N) is 1. The topological polar surface area (TPSA) is 47.6 Å². The van der Waals surface area contributed by atoms with E-state index >= 15 is 0 Å². The van der Waals surface area contributed by atoms with Gasteiger partial charge in [0.15, 0.2) is 11.5 Å². The molecule has 118 valence electrons. The molecule has 4 nitrogen and oxygen atoms in total. The zero-order valence-corrected chi connectivity index (χ0v) is 13.0. The first-order valence-corrected chi connectivity index (χ1v) is 7.59. The third-order valence-corrected chi connectivity index (χ3v) is 3.89. The van der Waals surface area contributed by atoms with Crippen molar-refractivity contribution in [3.05, 3.63) is 65.9 Å². The van der Waals surface area contributed by atoms with Gasteiger partial charge >= 0.3 is 0 Å². The molecule has 2 aromatic carbocycles. The van der Waals surface area contributed by atoms with Gasteiger partial charge in [0.05, 0.1) is 13.4 Å². The maximum atomic E-state index is 11.4. The van der Waals surface area contributed by atoms with E-state index in [2.05, 4.69) is 5.32 Å². The highest BCUT2D eigenvalue weighted by atomic mass is 16.5. The summed E-state index contributed by atoms with van der Waals surface area (Å²) in [6.07, 6.45) is 4.06. The Morgan fingerprint density at radius 2 is 1.96 bits per heavy atom. The number of amides is 1. The van der Waals surface area contributed by atoms with E-state index in [-0.39, 0.29) is 11.8 Å². The SMILES string of the molecule is COc1ccc(C2CNC(=O)C2)cc1OC=Cc1ccccc1. The minimum Gasteiger partial charge on any atom is -0.493 e. The van der Waals surface area contributed by atoms with Gasteiger partial charge in [-0.25, -0.2) is 0 Å². The first kappa shape index (κ1) is 15.2. The van der Waals surface area contributed by atoms with Crippen LogP contribution in [-0.4, -0.2) is 19.6 Å². The molecule has 3 rings (SSSR count). The standard InChI is InChI=1S/C19H19NO3/c1-22-17-8-7-15(16-12-19(21)20-13-16)11-18(17)23-10-9-14-5-3-2-4-6-14/h2-11,16H,12-13H2,1H3,(H,20,21). The summed E-state index contributed by atoms with van der Waals surface area (Å²) in [4.78, 5) is 11.4. The molecule has 1 N–H and O–H groups in total.